The van der Waals surface area contributed by atoms with Gasteiger partial charge in [0, 0.05) is 39.1 Å². The van der Waals surface area contributed by atoms with Gasteiger partial charge in [0.2, 0.25) is 0 Å². The minimum Gasteiger partial charge on any atom is -0.481 e. The molecular weight excluding hydrogens is 418 g/mol. The largest absolute Gasteiger partial charge is 0.481 e. The van der Waals surface area contributed by atoms with Gasteiger partial charge in [0.15, 0.2) is 6.29 Å². The molecule has 1 amide bonds. The Bertz CT molecular complexity index is 1150. The highest BCUT2D eigenvalue weighted by atomic mass is 16.6. The number of aldehydes is 1. The normalized spacial score (nSPS) is 9.97. The topological polar surface area (TPSA) is 148 Å². The number of benzene rings is 1. The van der Waals surface area contributed by atoms with Crippen molar-refractivity contribution in [1.82, 2.24) is 9.13 Å². The summed E-state index contributed by atoms with van der Waals surface area (Å²) in [5.74, 6) is -1.29. The third-order valence-electron chi connectivity index (χ3n) is 4.43. The van der Waals surface area contributed by atoms with E-state index < -0.39 is 16.8 Å². The van der Waals surface area contributed by atoms with Crippen LogP contribution in [0.25, 0.3) is 0 Å². The highest BCUT2D eigenvalue weighted by molar-refractivity contribution is 6.04. The standard InChI is InChI=1S/C12H12N4O4.C9H11NO2/c1-14-5-8(3-10(14)7-17)13-12(18)11-4-9(16(19)20)6-15(11)2;1-10-8-4-2-3-7(5-8)6-9(11)12/h3-7H,1-2H3,(H,13,18);2-5,10H,6H2,1H3,(H,11,12). The van der Waals surface area contributed by atoms with Gasteiger partial charge in [-0.3, -0.25) is 24.5 Å². The zero-order valence-corrected chi connectivity index (χ0v) is 17.7. The van der Waals surface area contributed by atoms with Gasteiger partial charge in [-0.2, -0.15) is 0 Å². The third-order valence-corrected chi connectivity index (χ3v) is 4.43. The van der Waals surface area contributed by atoms with Crippen molar-refractivity contribution >= 4 is 35.2 Å². The van der Waals surface area contributed by atoms with E-state index in [1.807, 2.05) is 18.2 Å². The second-order valence-electron chi connectivity index (χ2n) is 6.81. The lowest BCUT2D eigenvalue weighted by atomic mass is 10.1. The average molecular weight is 441 g/mol. The first-order valence-electron chi connectivity index (χ1n) is 9.36. The molecule has 0 fully saturated rings. The molecule has 0 bridgehead atoms. The quantitative estimate of drug-likeness (QED) is 0.290. The van der Waals surface area contributed by atoms with Crippen LogP contribution in [0.5, 0.6) is 0 Å². The van der Waals surface area contributed by atoms with Gasteiger partial charge in [-0.15, -0.1) is 0 Å². The number of nitrogens with one attached hydrogen (secondary N) is 2. The van der Waals surface area contributed by atoms with E-state index in [-0.39, 0.29) is 17.8 Å². The number of aromatic nitrogens is 2. The van der Waals surface area contributed by atoms with E-state index in [0.29, 0.717) is 17.7 Å². The summed E-state index contributed by atoms with van der Waals surface area (Å²) in [6.45, 7) is 0. The van der Waals surface area contributed by atoms with E-state index >= 15 is 0 Å². The van der Waals surface area contributed by atoms with Crippen molar-refractivity contribution in [2.45, 2.75) is 6.42 Å². The van der Waals surface area contributed by atoms with Crippen LogP contribution in [-0.4, -0.2) is 44.4 Å². The molecule has 0 spiro atoms. The van der Waals surface area contributed by atoms with Gasteiger partial charge in [-0.05, 0) is 23.8 Å². The fraction of sp³-hybridized carbons (Fsp3) is 0.190. The molecule has 0 radical (unpaired) electrons. The zero-order valence-electron chi connectivity index (χ0n) is 17.7. The van der Waals surface area contributed by atoms with Gasteiger partial charge in [-0.25, -0.2) is 0 Å². The second-order valence-corrected chi connectivity index (χ2v) is 6.81. The van der Waals surface area contributed by atoms with Gasteiger partial charge in [0.05, 0.1) is 28.9 Å². The van der Waals surface area contributed by atoms with E-state index in [2.05, 4.69) is 10.6 Å². The van der Waals surface area contributed by atoms with Crippen LogP contribution in [0.15, 0.2) is 48.8 Å². The molecule has 0 aliphatic carbocycles. The van der Waals surface area contributed by atoms with Crippen LogP contribution in [-0.2, 0) is 25.3 Å². The van der Waals surface area contributed by atoms with E-state index in [0.717, 1.165) is 11.3 Å². The first-order valence-corrected chi connectivity index (χ1v) is 9.36. The van der Waals surface area contributed by atoms with E-state index in [4.69, 9.17) is 5.11 Å². The number of carbonyl (C=O) groups excluding carboxylic acids is 2. The molecule has 168 valence electrons. The van der Waals surface area contributed by atoms with Gasteiger partial charge in [-0.1, -0.05) is 12.1 Å². The fourth-order valence-electron chi connectivity index (χ4n) is 2.85. The van der Waals surface area contributed by atoms with Crippen molar-refractivity contribution in [2.75, 3.05) is 17.7 Å². The molecule has 2 heterocycles. The summed E-state index contributed by atoms with van der Waals surface area (Å²) in [5.41, 5.74) is 2.62. The summed E-state index contributed by atoms with van der Waals surface area (Å²) in [7, 11) is 5.02. The van der Waals surface area contributed by atoms with E-state index in [1.54, 1.807) is 38.0 Å². The number of hydrogen-bond acceptors (Lipinski definition) is 6. The number of nitro groups is 1. The number of hydrogen-bond donors (Lipinski definition) is 3. The van der Waals surface area contributed by atoms with Crippen molar-refractivity contribution in [3.8, 4) is 0 Å². The molecule has 11 nitrogen and oxygen atoms in total. The molecule has 3 N–H and O–H groups in total. The molecule has 0 saturated heterocycles. The number of amides is 1. The molecule has 11 heteroatoms. The molecular formula is C21H23N5O6. The molecule has 0 unspecified atom stereocenters. The molecule has 0 aliphatic heterocycles. The fourth-order valence-corrected chi connectivity index (χ4v) is 2.85. The van der Waals surface area contributed by atoms with E-state index in [1.165, 1.54) is 22.9 Å². The molecule has 0 saturated carbocycles. The lowest BCUT2D eigenvalue weighted by Crippen LogP contribution is -2.14. The summed E-state index contributed by atoms with van der Waals surface area (Å²) in [6.07, 6.45) is 3.59. The number of carboxylic acids is 1. The Morgan fingerprint density at radius 1 is 1.12 bits per heavy atom. The van der Waals surface area contributed by atoms with Crippen molar-refractivity contribution in [3.05, 3.63) is 75.9 Å². The SMILES string of the molecule is CNc1cccc(CC(=O)O)c1.Cn1cc(NC(=O)c2cc([N+](=O)[O-])cn2C)cc1C=O. The molecule has 1 aromatic carbocycles. The maximum Gasteiger partial charge on any atom is 0.307 e. The number of aryl methyl sites for hydroxylation is 2. The van der Waals surface area contributed by atoms with Gasteiger partial charge in [0.1, 0.15) is 5.69 Å². The lowest BCUT2D eigenvalue weighted by molar-refractivity contribution is -0.384. The van der Waals surface area contributed by atoms with Gasteiger partial charge >= 0.3 is 5.97 Å². The van der Waals surface area contributed by atoms with Crippen LogP contribution in [0.3, 0.4) is 0 Å². The van der Waals surface area contributed by atoms with Crippen molar-refractivity contribution in [2.24, 2.45) is 14.1 Å². The first-order chi connectivity index (χ1) is 15.1. The Labute approximate surface area is 183 Å². The Morgan fingerprint density at radius 3 is 2.38 bits per heavy atom. The Morgan fingerprint density at radius 2 is 1.84 bits per heavy atom. The van der Waals surface area contributed by atoms with Crippen LogP contribution < -0.4 is 10.6 Å². The van der Waals surface area contributed by atoms with Crippen LogP contribution >= 0.6 is 0 Å². The molecule has 2 aromatic heterocycles. The Kier molecular flexibility index (Phi) is 7.88. The average Bonchev–Trinajstić information content (AvgIpc) is 3.30. The minimum absolute atomic E-state index is 0.0789. The number of aliphatic carboxylic acids is 1. The predicted octanol–water partition coefficient (Wildman–Crippen LogP) is 2.69. The van der Waals surface area contributed by atoms with Gasteiger partial charge in [0.25, 0.3) is 11.6 Å². The number of nitrogens with zero attached hydrogens (tertiary/aromatic N) is 3. The molecule has 3 rings (SSSR count). The van der Waals surface area contributed by atoms with Crippen LogP contribution in [0, 0.1) is 10.1 Å². The van der Waals surface area contributed by atoms with Crippen molar-refractivity contribution in [1.29, 1.82) is 0 Å². The smallest absolute Gasteiger partial charge is 0.307 e. The maximum absolute atomic E-state index is 12.0. The first kappa shape index (κ1) is 23.9. The summed E-state index contributed by atoms with van der Waals surface area (Å²) < 4.78 is 2.94. The summed E-state index contributed by atoms with van der Waals surface area (Å²) >= 11 is 0. The molecule has 3 aromatic rings. The third kappa shape index (κ3) is 6.29. The number of rotatable bonds is 7. The predicted molar refractivity (Wildman–Crippen MR) is 118 cm³/mol. The Hall–Kier alpha value is -4.41. The minimum atomic E-state index is -0.803. The molecule has 32 heavy (non-hydrogen) atoms. The monoisotopic (exact) mass is 441 g/mol. The van der Waals surface area contributed by atoms with Crippen LogP contribution in [0.4, 0.5) is 17.1 Å². The van der Waals surface area contributed by atoms with Crippen LogP contribution in [0.1, 0.15) is 26.5 Å². The number of anilines is 2. The summed E-state index contributed by atoms with van der Waals surface area (Å²) in [4.78, 5) is 43.2. The Balaban J connectivity index is 0.000000258. The van der Waals surface area contributed by atoms with Crippen molar-refractivity contribution in [3.63, 3.8) is 0 Å². The summed E-state index contributed by atoms with van der Waals surface area (Å²) in [6, 6.07) is 10.1. The molecule has 0 atom stereocenters. The zero-order chi connectivity index (χ0) is 23.8. The highest BCUT2D eigenvalue weighted by Crippen LogP contribution is 2.18. The van der Waals surface area contributed by atoms with Crippen LogP contribution in [0.2, 0.25) is 0 Å². The summed E-state index contributed by atoms with van der Waals surface area (Å²) in [5, 5.41) is 24.7. The number of carbonyl (C=O) groups is 3. The highest BCUT2D eigenvalue weighted by Gasteiger charge is 2.18. The second kappa shape index (κ2) is 10.6. The van der Waals surface area contributed by atoms with Gasteiger partial charge < -0.3 is 24.9 Å². The molecule has 0 aliphatic rings. The maximum atomic E-state index is 12.0. The lowest BCUT2D eigenvalue weighted by Gasteiger charge is -2.02. The van der Waals surface area contributed by atoms with E-state index in [9.17, 15) is 24.5 Å². The van der Waals surface area contributed by atoms with Crippen molar-refractivity contribution < 1.29 is 24.4 Å². The number of carboxylic acid groups (broad SMARTS) is 1.